The summed E-state index contributed by atoms with van der Waals surface area (Å²) in [5.74, 6) is -1.49. The molecular formula is C29H28F3N3O6S. The number of ether oxygens (including phenoxy) is 2. The van der Waals surface area contributed by atoms with Gasteiger partial charge in [-0.15, -0.1) is 0 Å². The first-order chi connectivity index (χ1) is 19.7. The summed E-state index contributed by atoms with van der Waals surface area (Å²) >= 11 is 0. The number of nitrogens with zero attached hydrogens (tertiary/aromatic N) is 2. The van der Waals surface area contributed by atoms with Gasteiger partial charge in [0.1, 0.15) is 11.6 Å². The highest BCUT2D eigenvalue weighted by molar-refractivity contribution is 7.85. The highest BCUT2D eigenvalue weighted by Gasteiger charge is 2.36. The average molecular weight is 604 g/mol. The molecule has 0 saturated heterocycles. The number of carbonyl (C=O) groups excluding carboxylic acids is 3. The fraction of sp³-hybridized carbons (Fsp3) is 0.310. The SMILES string of the molecule is COC(=O)c1ccc2c(c1)N(Cc1ccc(-c3ccc(C(F)(F)F)cc3)nc1)C(=O)[C@@H](NC(=O)OC(C)(C)C)CS2=O. The minimum atomic E-state index is -4.46. The molecule has 1 aliphatic rings. The third-order valence-electron chi connectivity index (χ3n) is 6.16. The molecule has 0 bridgehead atoms. The Kier molecular flexibility index (Phi) is 8.71. The van der Waals surface area contributed by atoms with Gasteiger partial charge in [-0.05, 0) is 62.7 Å². The molecule has 2 amide bonds. The van der Waals surface area contributed by atoms with Crippen LogP contribution in [0, 0.1) is 0 Å². The van der Waals surface area contributed by atoms with Crippen LogP contribution in [0.1, 0.15) is 42.3 Å². The Morgan fingerprint density at radius 3 is 2.33 bits per heavy atom. The van der Waals surface area contributed by atoms with Crippen LogP contribution in [0.5, 0.6) is 0 Å². The zero-order valence-corrected chi connectivity index (χ0v) is 24.0. The molecule has 2 heterocycles. The molecular weight excluding hydrogens is 575 g/mol. The summed E-state index contributed by atoms with van der Waals surface area (Å²) in [6.07, 6.45) is -3.86. The van der Waals surface area contributed by atoms with Crippen LogP contribution in [0.4, 0.5) is 23.7 Å². The smallest absolute Gasteiger partial charge is 0.416 e. The first-order valence-corrected chi connectivity index (χ1v) is 14.0. The second-order valence-corrected chi connectivity index (χ2v) is 11.9. The largest absolute Gasteiger partial charge is 0.465 e. The summed E-state index contributed by atoms with van der Waals surface area (Å²) in [5, 5.41) is 2.51. The maximum atomic E-state index is 13.8. The van der Waals surface area contributed by atoms with Crippen molar-refractivity contribution in [1.29, 1.82) is 0 Å². The van der Waals surface area contributed by atoms with Crippen molar-refractivity contribution >= 4 is 34.5 Å². The molecule has 0 saturated carbocycles. The monoisotopic (exact) mass is 603 g/mol. The molecule has 1 aromatic heterocycles. The number of alkyl carbamates (subject to hydrolysis) is 1. The highest BCUT2D eigenvalue weighted by Crippen LogP contribution is 2.33. The second kappa shape index (κ2) is 11.9. The van der Waals surface area contributed by atoms with Crippen LogP contribution in [0.15, 0.2) is 65.7 Å². The number of anilines is 1. The molecule has 0 fully saturated rings. The number of amides is 2. The minimum Gasteiger partial charge on any atom is -0.465 e. The number of halogens is 3. The van der Waals surface area contributed by atoms with Crippen LogP contribution in [0.25, 0.3) is 11.3 Å². The van der Waals surface area contributed by atoms with Gasteiger partial charge < -0.3 is 19.7 Å². The van der Waals surface area contributed by atoms with E-state index in [1.165, 1.54) is 48.5 Å². The lowest BCUT2D eigenvalue weighted by Gasteiger charge is -2.27. The maximum Gasteiger partial charge on any atom is 0.416 e. The summed E-state index contributed by atoms with van der Waals surface area (Å²) in [6.45, 7) is 4.91. The number of nitrogens with one attached hydrogen (secondary N) is 1. The molecule has 42 heavy (non-hydrogen) atoms. The second-order valence-electron chi connectivity index (χ2n) is 10.4. The number of rotatable bonds is 5. The number of hydrogen-bond donors (Lipinski definition) is 1. The zero-order chi connectivity index (χ0) is 30.8. The Morgan fingerprint density at radius 1 is 1.07 bits per heavy atom. The highest BCUT2D eigenvalue weighted by atomic mass is 32.2. The first-order valence-electron chi connectivity index (χ1n) is 12.7. The normalized spacial score (nSPS) is 17.2. The Morgan fingerprint density at radius 2 is 1.76 bits per heavy atom. The molecule has 1 aliphatic heterocycles. The van der Waals surface area contributed by atoms with Crippen molar-refractivity contribution in [3.63, 3.8) is 0 Å². The van der Waals surface area contributed by atoms with Gasteiger partial charge in [-0.3, -0.25) is 14.0 Å². The van der Waals surface area contributed by atoms with Crippen molar-refractivity contribution in [3.8, 4) is 11.3 Å². The van der Waals surface area contributed by atoms with Gasteiger partial charge >= 0.3 is 18.2 Å². The van der Waals surface area contributed by atoms with E-state index in [2.05, 4.69) is 10.3 Å². The van der Waals surface area contributed by atoms with Crippen LogP contribution in [-0.2, 0) is 37.8 Å². The number of alkyl halides is 3. The topological polar surface area (TPSA) is 115 Å². The van der Waals surface area contributed by atoms with Crippen molar-refractivity contribution in [2.45, 2.75) is 50.0 Å². The van der Waals surface area contributed by atoms with Gasteiger partial charge in [0, 0.05) is 11.8 Å². The fourth-order valence-electron chi connectivity index (χ4n) is 4.20. The van der Waals surface area contributed by atoms with Gasteiger partial charge in [0.25, 0.3) is 5.91 Å². The Balaban J connectivity index is 1.67. The molecule has 9 nitrogen and oxygen atoms in total. The van der Waals surface area contributed by atoms with Crippen LogP contribution in [0.3, 0.4) is 0 Å². The number of hydrogen-bond acceptors (Lipinski definition) is 7. The van der Waals surface area contributed by atoms with Gasteiger partial charge in [-0.25, -0.2) is 9.59 Å². The van der Waals surface area contributed by atoms with Gasteiger partial charge in [0.15, 0.2) is 0 Å². The lowest BCUT2D eigenvalue weighted by molar-refractivity contribution is -0.137. The summed E-state index contributed by atoms with van der Waals surface area (Å²) in [5.41, 5.74) is 0.105. The van der Waals surface area contributed by atoms with E-state index in [0.717, 1.165) is 12.1 Å². The summed E-state index contributed by atoms with van der Waals surface area (Å²) in [4.78, 5) is 44.5. The standard InChI is InChI=1S/C29H28F3N3O6S/c1-28(2,3)41-27(38)34-22-16-42(39)24-12-8-19(26(37)40-4)13-23(24)35(25(22)36)15-17-5-11-21(33-14-17)18-6-9-20(10-7-18)29(30,31)32/h5-14,22H,15-16H2,1-4H3,(H,34,38)/t22-,42?/m0/s1. The van der Waals surface area contributed by atoms with E-state index >= 15 is 0 Å². The molecule has 1 unspecified atom stereocenters. The first kappa shape index (κ1) is 30.7. The number of pyridine rings is 1. The molecule has 1 N–H and O–H groups in total. The van der Waals surface area contributed by atoms with E-state index in [9.17, 15) is 31.8 Å². The van der Waals surface area contributed by atoms with Crippen molar-refractivity contribution in [2.24, 2.45) is 0 Å². The van der Waals surface area contributed by atoms with Crippen molar-refractivity contribution < 1.29 is 41.2 Å². The number of esters is 1. The van der Waals surface area contributed by atoms with Gasteiger partial charge in [0.2, 0.25) is 0 Å². The number of benzene rings is 2. The van der Waals surface area contributed by atoms with Gasteiger partial charge in [-0.1, -0.05) is 18.2 Å². The molecule has 0 radical (unpaired) electrons. The van der Waals surface area contributed by atoms with Gasteiger partial charge in [-0.2, -0.15) is 13.2 Å². The fourth-order valence-corrected chi connectivity index (χ4v) is 5.53. The lowest BCUT2D eigenvalue weighted by atomic mass is 10.1. The predicted molar refractivity (Wildman–Crippen MR) is 148 cm³/mol. The molecule has 4 rings (SSSR count). The van der Waals surface area contributed by atoms with E-state index in [4.69, 9.17) is 9.47 Å². The molecule has 2 aromatic carbocycles. The third-order valence-corrected chi connectivity index (χ3v) is 7.63. The maximum absolute atomic E-state index is 13.8. The van der Waals surface area contributed by atoms with Crippen LogP contribution in [0.2, 0.25) is 0 Å². The number of aromatic nitrogens is 1. The minimum absolute atomic E-state index is 0.0829. The third kappa shape index (κ3) is 7.14. The van der Waals surface area contributed by atoms with E-state index in [0.29, 0.717) is 16.8 Å². The van der Waals surface area contributed by atoms with Crippen molar-refractivity contribution in [1.82, 2.24) is 10.3 Å². The quantitative estimate of drug-likeness (QED) is 0.404. The molecule has 2 atom stereocenters. The molecule has 13 heteroatoms. The zero-order valence-electron chi connectivity index (χ0n) is 23.2. The molecule has 0 spiro atoms. The lowest BCUT2D eigenvalue weighted by Crippen LogP contribution is -2.51. The average Bonchev–Trinajstić information content (AvgIpc) is 3.01. The Labute approximate surface area is 242 Å². The Bertz CT molecular complexity index is 1520. The number of carbonyl (C=O) groups is 3. The van der Waals surface area contributed by atoms with Crippen LogP contribution in [-0.4, -0.2) is 51.7 Å². The van der Waals surface area contributed by atoms with E-state index in [-0.39, 0.29) is 28.4 Å². The van der Waals surface area contributed by atoms with Crippen molar-refractivity contribution in [2.75, 3.05) is 17.8 Å². The van der Waals surface area contributed by atoms with E-state index < -0.39 is 52.2 Å². The van der Waals surface area contributed by atoms with Crippen LogP contribution < -0.4 is 10.2 Å². The summed E-state index contributed by atoms with van der Waals surface area (Å²) < 4.78 is 62.2. The number of methoxy groups -OCH3 is 1. The molecule has 3 aromatic rings. The summed E-state index contributed by atoms with van der Waals surface area (Å²) in [6, 6.07) is 10.9. The van der Waals surface area contributed by atoms with Gasteiger partial charge in [0.05, 0.1) is 57.6 Å². The molecule has 0 aliphatic carbocycles. The Hall–Kier alpha value is -4.26. The van der Waals surface area contributed by atoms with E-state index in [1.54, 1.807) is 32.9 Å². The molecule has 222 valence electrons. The number of fused-ring (bicyclic) bond motifs is 1. The predicted octanol–water partition coefficient (Wildman–Crippen LogP) is 5.10. The van der Waals surface area contributed by atoms with Crippen molar-refractivity contribution in [3.05, 3.63) is 77.5 Å². The van der Waals surface area contributed by atoms with Crippen LogP contribution >= 0.6 is 0 Å². The summed E-state index contributed by atoms with van der Waals surface area (Å²) in [7, 11) is -0.535. The van der Waals surface area contributed by atoms with E-state index in [1.807, 2.05) is 0 Å².